The number of hydrogen-bond acceptors (Lipinski definition) is 10. The Morgan fingerprint density at radius 3 is 2.03 bits per heavy atom. The quantitative estimate of drug-likeness (QED) is 0.0564. The number of likely N-dealkylation sites (N-methyl/N-ethyl adjacent to an activating group) is 1. The number of nitrogens with zero attached hydrogens (tertiary/aromatic N) is 2. The van der Waals surface area contributed by atoms with Gasteiger partial charge in [0.2, 0.25) is 5.75 Å². The number of morpholine rings is 1. The summed E-state index contributed by atoms with van der Waals surface area (Å²) in [7, 11) is 10.4. The molecule has 13 heteroatoms. The summed E-state index contributed by atoms with van der Waals surface area (Å²) in [6.45, 7) is 10.8. The SMILES string of the molecule is COc1ccc(C[C@@H]2c3cc(C)c(C)cc3CC[N@@+]2(C)CCCOC(=O)/C(Cl)=C/C(=O)OCCC[N+]2(Cc3cc(OC)c(OC)c(OC)c3)CCOCC2)cc1OC. The predicted octanol–water partition coefficient (Wildman–Crippen LogP) is 6.67. The van der Waals surface area contributed by atoms with Gasteiger partial charge in [-0.1, -0.05) is 23.7 Å². The first-order valence-corrected chi connectivity index (χ1v) is 20.3. The van der Waals surface area contributed by atoms with Crippen molar-refractivity contribution in [2.75, 3.05) is 102 Å². The first-order chi connectivity index (χ1) is 27.9. The molecule has 58 heavy (non-hydrogen) atoms. The smallest absolute Gasteiger partial charge is 0.350 e. The Kier molecular flexibility index (Phi) is 15.7. The van der Waals surface area contributed by atoms with Gasteiger partial charge in [-0.15, -0.1) is 0 Å². The lowest BCUT2D eigenvalue weighted by Crippen LogP contribution is -2.55. The summed E-state index contributed by atoms with van der Waals surface area (Å²) in [6.07, 6.45) is 4.01. The fourth-order valence-electron chi connectivity index (χ4n) is 8.36. The highest BCUT2D eigenvalue weighted by molar-refractivity contribution is 6.42. The zero-order valence-electron chi connectivity index (χ0n) is 35.5. The summed E-state index contributed by atoms with van der Waals surface area (Å²) in [6, 6.07) is 14.9. The maximum atomic E-state index is 12.8. The highest BCUT2D eigenvalue weighted by Crippen LogP contribution is 2.41. The molecule has 2 aliphatic rings. The predicted molar refractivity (Wildman–Crippen MR) is 222 cm³/mol. The largest absolute Gasteiger partial charge is 0.493 e. The monoisotopic (exact) mass is 824 g/mol. The number of esters is 2. The molecule has 0 aliphatic carbocycles. The van der Waals surface area contributed by atoms with Crippen molar-refractivity contribution in [2.45, 2.75) is 52.1 Å². The molecule has 1 fully saturated rings. The summed E-state index contributed by atoms with van der Waals surface area (Å²) < 4.78 is 46.0. The van der Waals surface area contributed by atoms with Gasteiger partial charge in [-0.25, -0.2) is 9.59 Å². The molecule has 12 nitrogen and oxygen atoms in total. The normalized spacial score (nSPS) is 18.8. The number of aryl methyl sites for hydroxylation is 2. The lowest BCUT2D eigenvalue weighted by molar-refractivity contribution is -0.947. The fourth-order valence-corrected chi connectivity index (χ4v) is 8.51. The molecule has 0 bridgehead atoms. The Morgan fingerprint density at radius 2 is 1.38 bits per heavy atom. The molecule has 0 unspecified atom stereocenters. The van der Waals surface area contributed by atoms with Gasteiger partial charge in [0.15, 0.2) is 23.0 Å². The second-order valence-corrected chi connectivity index (χ2v) is 15.9. The molecule has 0 aromatic heterocycles. The molecule has 0 radical (unpaired) electrons. The van der Waals surface area contributed by atoms with E-state index < -0.39 is 11.9 Å². The molecule has 316 valence electrons. The minimum absolute atomic E-state index is 0.171. The zero-order chi connectivity index (χ0) is 41.9. The van der Waals surface area contributed by atoms with E-state index in [0.29, 0.717) is 54.8 Å². The van der Waals surface area contributed by atoms with E-state index in [0.717, 1.165) is 78.3 Å². The Bertz CT molecular complexity index is 1900. The van der Waals surface area contributed by atoms with E-state index in [1.165, 1.54) is 22.3 Å². The Balaban J connectivity index is 1.13. The summed E-state index contributed by atoms with van der Waals surface area (Å²) in [5.74, 6) is 1.72. The van der Waals surface area contributed by atoms with Crippen LogP contribution in [0.5, 0.6) is 28.7 Å². The van der Waals surface area contributed by atoms with E-state index in [4.69, 9.17) is 49.5 Å². The van der Waals surface area contributed by atoms with Crippen molar-refractivity contribution < 1.29 is 56.5 Å². The van der Waals surface area contributed by atoms with E-state index in [9.17, 15) is 9.59 Å². The Morgan fingerprint density at radius 1 is 0.759 bits per heavy atom. The highest BCUT2D eigenvalue weighted by Gasteiger charge is 2.39. The minimum Gasteiger partial charge on any atom is -0.493 e. The molecule has 3 aromatic carbocycles. The molecule has 3 aromatic rings. The molecular formula is C45H61ClN2O10+2. The van der Waals surface area contributed by atoms with Crippen LogP contribution in [0.25, 0.3) is 0 Å². The van der Waals surface area contributed by atoms with Crippen molar-refractivity contribution in [3.05, 3.63) is 87.0 Å². The van der Waals surface area contributed by atoms with Crippen LogP contribution in [0.3, 0.4) is 0 Å². The van der Waals surface area contributed by atoms with Gasteiger partial charge in [0.1, 0.15) is 30.7 Å². The molecule has 2 aliphatic heterocycles. The molecule has 0 N–H and O–H groups in total. The van der Waals surface area contributed by atoms with Gasteiger partial charge >= 0.3 is 11.9 Å². The van der Waals surface area contributed by atoms with E-state index >= 15 is 0 Å². The summed E-state index contributed by atoms with van der Waals surface area (Å²) in [4.78, 5) is 25.5. The Labute approximate surface area is 348 Å². The standard InChI is InChI=1S/C45H61ClN2O10/c1-31-23-35-13-16-47(3,38(36(35)24-32(31)2)25-33-11-12-39(51-4)40(26-33)52-5)14-9-20-58-45(50)37(46)29-43(49)57-19-10-15-48(17-21-56-22-18-48)30-34-27-41(53-6)44(55-8)42(28-34)54-7/h11-12,23-24,26-29,38H,9-10,13-22,25,30H2,1-8H3/q+2/b37-29-/t38-,47-/m1/s1. The number of rotatable bonds is 19. The van der Waals surface area contributed by atoms with Crippen LogP contribution >= 0.6 is 11.6 Å². The number of carbonyl (C=O) groups is 2. The molecule has 0 spiro atoms. The van der Waals surface area contributed by atoms with Crippen LogP contribution in [0.15, 0.2) is 53.6 Å². The van der Waals surface area contributed by atoms with Crippen molar-refractivity contribution >= 4 is 23.5 Å². The van der Waals surface area contributed by atoms with Crippen molar-refractivity contribution in [3.63, 3.8) is 0 Å². The van der Waals surface area contributed by atoms with Crippen LogP contribution in [0, 0.1) is 13.8 Å². The number of methoxy groups -OCH3 is 5. The van der Waals surface area contributed by atoms with E-state index in [2.05, 4.69) is 45.2 Å². The molecule has 0 amide bonds. The second-order valence-electron chi connectivity index (χ2n) is 15.5. The maximum Gasteiger partial charge on any atom is 0.350 e. The third kappa shape index (κ3) is 11.0. The topological polar surface area (TPSA) is 108 Å². The van der Waals surface area contributed by atoms with Gasteiger partial charge in [0.05, 0.1) is 88.7 Å². The molecule has 1 saturated heterocycles. The summed E-state index contributed by atoms with van der Waals surface area (Å²) >= 11 is 6.26. The van der Waals surface area contributed by atoms with Crippen LogP contribution in [0.1, 0.15) is 52.3 Å². The third-order valence-corrected chi connectivity index (χ3v) is 12.1. The highest BCUT2D eigenvalue weighted by atomic mass is 35.5. The van der Waals surface area contributed by atoms with E-state index in [1.807, 2.05) is 18.2 Å². The van der Waals surface area contributed by atoms with Crippen molar-refractivity contribution in [3.8, 4) is 28.7 Å². The van der Waals surface area contributed by atoms with Crippen molar-refractivity contribution in [1.82, 2.24) is 0 Å². The number of carbonyl (C=O) groups excluding carboxylic acids is 2. The average molecular weight is 825 g/mol. The molecule has 2 heterocycles. The minimum atomic E-state index is -0.749. The molecule has 0 saturated carbocycles. The van der Waals surface area contributed by atoms with Gasteiger partial charge in [0.25, 0.3) is 0 Å². The average Bonchev–Trinajstić information content (AvgIpc) is 3.22. The summed E-state index contributed by atoms with van der Waals surface area (Å²) in [5.41, 5.74) is 7.51. The lowest BCUT2D eigenvalue weighted by Gasteiger charge is -2.46. The van der Waals surface area contributed by atoms with E-state index in [-0.39, 0.29) is 24.3 Å². The number of fused-ring (bicyclic) bond motifs is 1. The van der Waals surface area contributed by atoms with Crippen LogP contribution in [-0.4, -0.2) is 123 Å². The number of ether oxygens (including phenoxy) is 8. The number of benzene rings is 3. The lowest BCUT2D eigenvalue weighted by atomic mass is 9.84. The molecule has 5 rings (SSSR count). The van der Waals surface area contributed by atoms with Gasteiger partial charge in [0, 0.05) is 42.9 Å². The zero-order valence-corrected chi connectivity index (χ0v) is 36.2. The van der Waals surface area contributed by atoms with Crippen molar-refractivity contribution in [1.29, 1.82) is 0 Å². The second kappa shape index (κ2) is 20.5. The first-order valence-electron chi connectivity index (χ1n) is 20.0. The summed E-state index contributed by atoms with van der Waals surface area (Å²) in [5, 5.41) is -0.312. The van der Waals surface area contributed by atoms with Crippen LogP contribution in [0.2, 0.25) is 0 Å². The molecular weight excluding hydrogens is 764 g/mol. The van der Waals surface area contributed by atoms with Gasteiger partial charge in [-0.2, -0.15) is 0 Å². The fraction of sp³-hybridized carbons (Fsp3) is 0.511. The van der Waals surface area contributed by atoms with Crippen LogP contribution < -0.4 is 23.7 Å². The van der Waals surface area contributed by atoms with Crippen molar-refractivity contribution in [2.24, 2.45) is 0 Å². The van der Waals surface area contributed by atoms with Crippen LogP contribution in [0.4, 0.5) is 0 Å². The third-order valence-electron chi connectivity index (χ3n) is 11.8. The van der Waals surface area contributed by atoms with E-state index in [1.54, 1.807) is 35.5 Å². The van der Waals surface area contributed by atoms with Gasteiger partial charge in [-0.3, -0.25) is 0 Å². The van der Waals surface area contributed by atoms with Crippen LogP contribution in [-0.2, 0) is 43.2 Å². The first kappa shape index (κ1) is 44.6. The maximum absolute atomic E-state index is 12.8. The molecule has 2 atom stereocenters. The number of hydrogen-bond donors (Lipinski definition) is 0. The Hall–Kier alpha value is -4.49. The number of halogens is 1. The number of quaternary nitrogens is 2. The van der Waals surface area contributed by atoms with Gasteiger partial charge in [-0.05, 0) is 66.4 Å². The van der Waals surface area contributed by atoms with Gasteiger partial charge < -0.3 is 46.9 Å².